The van der Waals surface area contributed by atoms with Crippen LogP contribution in [-0.4, -0.2) is 44.4 Å². The molecule has 0 amide bonds. The second-order valence-electron chi connectivity index (χ2n) is 4.35. The van der Waals surface area contributed by atoms with Gasteiger partial charge in [-0.1, -0.05) is 0 Å². The molecule has 1 aliphatic heterocycles. The van der Waals surface area contributed by atoms with Crippen LogP contribution >= 0.6 is 0 Å². The van der Waals surface area contributed by atoms with Crippen LogP contribution < -0.4 is 10.0 Å². The van der Waals surface area contributed by atoms with Crippen molar-refractivity contribution >= 4 is 10.0 Å². The van der Waals surface area contributed by atoms with Crippen molar-refractivity contribution in [3.63, 3.8) is 0 Å². The Bertz CT molecular complexity index is 499. The third-order valence-electron chi connectivity index (χ3n) is 3.00. The van der Waals surface area contributed by atoms with Gasteiger partial charge in [0.15, 0.2) is 5.03 Å². The summed E-state index contributed by atoms with van der Waals surface area (Å²) >= 11 is 0. The summed E-state index contributed by atoms with van der Waals surface area (Å²) in [6, 6.07) is -0.180. The number of sulfonamides is 1. The van der Waals surface area contributed by atoms with Gasteiger partial charge in [0.2, 0.25) is 0 Å². The summed E-state index contributed by atoms with van der Waals surface area (Å²) in [5.41, 5.74) is 0.622. The summed E-state index contributed by atoms with van der Waals surface area (Å²) < 4.78 is 32.4. The fourth-order valence-electron chi connectivity index (χ4n) is 1.99. The Labute approximate surface area is 106 Å². The number of nitrogens with zero attached hydrogens (tertiary/aromatic N) is 1. The van der Waals surface area contributed by atoms with Crippen LogP contribution in [0, 0.1) is 0 Å². The molecule has 102 valence electrons. The van der Waals surface area contributed by atoms with Crippen molar-refractivity contribution in [2.24, 2.45) is 0 Å². The Balaban J connectivity index is 2.17. The van der Waals surface area contributed by atoms with Crippen molar-refractivity contribution < 1.29 is 13.2 Å². The number of aromatic amines is 1. The molecule has 1 saturated heterocycles. The lowest BCUT2D eigenvalue weighted by Gasteiger charge is -2.15. The maximum Gasteiger partial charge on any atom is 0.258 e. The summed E-state index contributed by atoms with van der Waals surface area (Å²) in [5, 5.41) is 9.35. The Morgan fingerprint density at radius 1 is 1.61 bits per heavy atom. The molecule has 0 saturated carbocycles. The summed E-state index contributed by atoms with van der Waals surface area (Å²) in [6.07, 6.45) is 2.10. The second kappa shape index (κ2) is 5.35. The van der Waals surface area contributed by atoms with Crippen molar-refractivity contribution in [1.82, 2.24) is 20.2 Å². The van der Waals surface area contributed by atoms with E-state index in [9.17, 15) is 8.42 Å². The van der Waals surface area contributed by atoms with E-state index < -0.39 is 10.0 Å². The van der Waals surface area contributed by atoms with E-state index in [4.69, 9.17) is 4.74 Å². The van der Waals surface area contributed by atoms with Crippen LogP contribution in [0.15, 0.2) is 11.2 Å². The van der Waals surface area contributed by atoms with E-state index in [1.807, 2.05) is 6.92 Å². The van der Waals surface area contributed by atoms with Gasteiger partial charge in [-0.05, 0) is 20.4 Å². The molecule has 0 radical (unpaired) electrons. The molecule has 2 heterocycles. The number of nitrogens with one attached hydrogen (secondary N) is 3. The molecule has 1 aliphatic rings. The molecule has 2 atom stereocenters. The third-order valence-corrected chi connectivity index (χ3v) is 4.50. The third kappa shape index (κ3) is 2.72. The molecule has 1 fully saturated rings. The lowest BCUT2D eigenvalue weighted by atomic mass is 10.2. The predicted molar refractivity (Wildman–Crippen MR) is 65.5 cm³/mol. The van der Waals surface area contributed by atoms with Gasteiger partial charge in [0, 0.05) is 18.7 Å². The maximum absolute atomic E-state index is 12.2. The zero-order valence-electron chi connectivity index (χ0n) is 10.4. The quantitative estimate of drug-likeness (QED) is 0.678. The molecular formula is C10H18N4O3S. The van der Waals surface area contributed by atoms with Gasteiger partial charge < -0.3 is 10.1 Å². The first-order chi connectivity index (χ1) is 8.54. The van der Waals surface area contributed by atoms with Crippen molar-refractivity contribution in [1.29, 1.82) is 0 Å². The molecule has 18 heavy (non-hydrogen) atoms. The van der Waals surface area contributed by atoms with Crippen molar-refractivity contribution in [2.45, 2.75) is 37.1 Å². The number of hydrogen-bond donors (Lipinski definition) is 3. The van der Waals surface area contributed by atoms with Crippen LogP contribution in [-0.2, 0) is 21.3 Å². The minimum absolute atomic E-state index is 0.101. The van der Waals surface area contributed by atoms with Gasteiger partial charge in [0.05, 0.1) is 18.3 Å². The number of H-pyrrole nitrogens is 1. The molecule has 1 aromatic heterocycles. The molecular weight excluding hydrogens is 256 g/mol. The standard InChI is InChI=1S/C10H18N4O3S/c1-7-9(3-4-17-7)14-18(15,16)10-8(5-11-2)6-12-13-10/h6-7,9,11,14H,3-5H2,1-2H3,(H,12,13). The van der Waals surface area contributed by atoms with Crippen LogP contribution in [0.25, 0.3) is 0 Å². The number of hydrogen-bond acceptors (Lipinski definition) is 5. The van der Waals surface area contributed by atoms with E-state index in [1.165, 1.54) is 6.20 Å². The first-order valence-electron chi connectivity index (χ1n) is 5.85. The molecule has 3 N–H and O–H groups in total. The van der Waals surface area contributed by atoms with Crippen LogP contribution in [0.3, 0.4) is 0 Å². The lowest BCUT2D eigenvalue weighted by molar-refractivity contribution is 0.117. The zero-order valence-corrected chi connectivity index (χ0v) is 11.3. The zero-order chi connectivity index (χ0) is 13.2. The molecule has 7 nitrogen and oxygen atoms in total. The van der Waals surface area contributed by atoms with E-state index in [0.29, 0.717) is 25.1 Å². The molecule has 2 rings (SSSR count). The summed E-state index contributed by atoms with van der Waals surface area (Å²) in [6.45, 7) is 2.89. The van der Waals surface area contributed by atoms with Gasteiger partial charge in [-0.3, -0.25) is 5.10 Å². The average molecular weight is 274 g/mol. The van der Waals surface area contributed by atoms with E-state index in [2.05, 4.69) is 20.2 Å². The minimum Gasteiger partial charge on any atom is -0.377 e. The SMILES string of the molecule is CNCc1cn[nH]c1S(=O)(=O)NC1CCOC1C. The molecule has 2 unspecified atom stereocenters. The van der Waals surface area contributed by atoms with Gasteiger partial charge in [0.25, 0.3) is 10.0 Å². The highest BCUT2D eigenvalue weighted by Crippen LogP contribution is 2.17. The first kappa shape index (κ1) is 13.5. The topological polar surface area (TPSA) is 96.1 Å². The lowest BCUT2D eigenvalue weighted by Crippen LogP contribution is -2.39. The first-order valence-corrected chi connectivity index (χ1v) is 7.33. The minimum atomic E-state index is -3.57. The monoisotopic (exact) mass is 274 g/mol. The number of ether oxygens (including phenoxy) is 1. The number of aromatic nitrogens is 2. The summed E-state index contributed by atoms with van der Waals surface area (Å²) in [5.74, 6) is 0. The number of rotatable bonds is 5. The van der Waals surface area contributed by atoms with Crippen LogP contribution in [0.1, 0.15) is 18.9 Å². The average Bonchev–Trinajstić information content (AvgIpc) is 2.90. The van der Waals surface area contributed by atoms with Crippen molar-refractivity contribution in [2.75, 3.05) is 13.7 Å². The van der Waals surface area contributed by atoms with Crippen molar-refractivity contribution in [3.8, 4) is 0 Å². The fraction of sp³-hybridized carbons (Fsp3) is 0.700. The van der Waals surface area contributed by atoms with Crippen LogP contribution in [0.2, 0.25) is 0 Å². The Hall–Kier alpha value is -0.960. The van der Waals surface area contributed by atoms with E-state index in [-0.39, 0.29) is 17.2 Å². The fourth-order valence-corrected chi connectivity index (χ4v) is 3.46. The summed E-state index contributed by atoms with van der Waals surface area (Å²) in [7, 11) is -1.82. The maximum atomic E-state index is 12.2. The van der Waals surface area contributed by atoms with Gasteiger partial charge >= 0.3 is 0 Å². The largest absolute Gasteiger partial charge is 0.377 e. The van der Waals surface area contributed by atoms with Crippen LogP contribution in [0.5, 0.6) is 0 Å². The Kier molecular flexibility index (Phi) is 4.00. The molecule has 0 aromatic carbocycles. The van der Waals surface area contributed by atoms with Crippen LogP contribution in [0.4, 0.5) is 0 Å². The highest BCUT2D eigenvalue weighted by atomic mass is 32.2. The van der Waals surface area contributed by atoms with Crippen molar-refractivity contribution in [3.05, 3.63) is 11.8 Å². The van der Waals surface area contributed by atoms with E-state index >= 15 is 0 Å². The Morgan fingerprint density at radius 3 is 3.00 bits per heavy atom. The van der Waals surface area contributed by atoms with E-state index in [1.54, 1.807) is 7.05 Å². The van der Waals surface area contributed by atoms with E-state index in [0.717, 1.165) is 0 Å². The smallest absolute Gasteiger partial charge is 0.258 e. The molecule has 0 spiro atoms. The van der Waals surface area contributed by atoms with Gasteiger partial charge in [0.1, 0.15) is 0 Å². The highest BCUT2D eigenvalue weighted by molar-refractivity contribution is 7.89. The predicted octanol–water partition coefficient (Wildman–Crippen LogP) is -0.415. The molecule has 0 bridgehead atoms. The summed E-state index contributed by atoms with van der Waals surface area (Å²) in [4.78, 5) is 0. The Morgan fingerprint density at radius 2 is 2.39 bits per heavy atom. The normalized spacial score (nSPS) is 24.6. The molecule has 1 aromatic rings. The highest BCUT2D eigenvalue weighted by Gasteiger charge is 2.30. The second-order valence-corrected chi connectivity index (χ2v) is 6.00. The molecule has 8 heteroatoms. The molecule has 0 aliphatic carbocycles. The van der Waals surface area contributed by atoms with Gasteiger partial charge in [-0.15, -0.1) is 0 Å². The van der Waals surface area contributed by atoms with Gasteiger partial charge in [-0.25, -0.2) is 13.1 Å². The van der Waals surface area contributed by atoms with Gasteiger partial charge in [-0.2, -0.15) is 5.10 Å².